The highest BCUT2D eigenvalue weighted by atomic mass is 19.1. The van der Waals surface area contributed by atoms with E-state index in [9.17, 15) is 9.18 Å². The summed E-state index contributed by atoms with van der Waals surface area (Å²) in [6.45, 7) is 0. The van der Waals surface area contributed by atoms with E-state index in [1.54, 1.807) is 12.1 Å². The second-order valence-electron chi connectivity index (χ2n) is 5.47. The van der Waals surface area contributed by atoms with Gasteiger partial charge in [-0.05, 0) is 24.3 Å². The molecule has 0 saturated carbocycles. The lowest BCUT2D eigenvalue weighted by Crippen LogP contribution is -2.02. The van der Waals surface area contributed by atoms with Crippen molar-refractivity contribution in [2.24, 2.45) is 0 Å². The number of aromatic amines is 1. The molecule has 0 radical (unpaired) electrons. The molecule has 0 saturated heterocycles. The van der Waals surface area contributed by atoms with E-state index in [2.05, 4.69) is 4.98 Å². The van der Waals surface area contributed by atoms with Gasteiger partial charge in [-0.1, -0.05) is 0 Å². The minimum atomic E-state index is -0.601. The number of rotatable bonds is 6. The Morgan fingerprint density at radius 1 is 0.885 bits per heavy atom. The number of H-pyrrole nitrogens is 1. The van der Waals surface area contributed by atoms with Crippen LogP contribution in [0, 0.1) is 5.82 Å². The number of methoxy groups -OCH3 is 4. The predicted molar refractivity (Wildman–Crippen MR) is 94.3 cm³/mol. The summed E-state index contributed by atoms with van der Waals surface area (Å²) in [7, 11) is 5.89. The van der Waals surface area contributed by atoms with Crippen LogP contribution in [0.4, 0.5) is 4.39 Å². The molecule has 0 aliphatic carbocycles. The van der Waals surface area contributed by atoms with Crippen LogP contribution in [0.5, 0.6) is 23.0 Å². The van der Waals surface area contributed by atoms with Gasteiger partial charge in [0.15, 0.2) is 23.1 Å². The Morgan fingerprint density at radius 2 is 1.58 bits per heavy atom. The summed E-state index contributed by atoms with van der Waals surface area (Å²) in [6.07, 6.45) is 0. The maximum atomic E-state index is 13.9. The van der Waals surface area contributed by atoms with E-state index < -0.39 is 5.82 Å². The third-order valence-electron chi connectivity index (χ3n) is 4.09. The Labute approximate surface area is 149 Å². The van der Waals surface area contributed by atoms with Crippen molar-refractivity contribution in [3.63, 3.8) is 0 Å². The van der Waals surface area contributed by atoms with Crippen molar-refractivity contribution in [1.82, 2.24) is 4.98 Å². The number of ether oxygens (including phenoxy) is 4. The van der Waals surface area contributed by atoms with Gasteiger partial charge in [0.2, 0.25) is 11.5 Å². The minimum Gasteiger partial charge on any atom is -0.494 e. The van der Waals surface area contributed by atoms with Crippen molar-refractivity contribution in [2.75, 3.05) is 28.4 Å². The summed E-state index contributed by atoms with van der Waals surface area (Å²) in [5.74, 6) is 0.453. The van der Waals surface area contributed by atoms with Gasteiger partial charge in [-0.2, -0.15) is 0 Å². The summed E-state index contributed by atoms with van der Waals surface area (Å²) in [4.78, 5) is 15.8. The Balaban J connectivity index is 2.11. The van der Waals surface area contributed by atoms with Gasteiger partial charge in [0.05, 0.1) is 39.6 Å². The first-order valence-electron chi connectivity index (χ1n) is 7.74. The van der Waals surface area contributed by atoms with Crippen LogP contribution in [-0.4, -0.2) is 39.2 Å². The van der Waals surface area contributed by atoms with Gasteiger partial charge in [-0.15, -0.1) is 0 Å². The summed E-state index contributed by atoms with van der Waals surface area (Å²) < 4.78 is 34.9. The Hall–Kier alpha value is -3.22. The largest absolute Gasteiger partial charge is 0.494 e. The topological polar surface area (TPSA) is 69.8 Å². The lowest BCUT2D eigenvalue weighted by molar-refractivity contribution is 0.103. The van der Waals surface area contributed by atoms with Crippen LogP contribution in [0.3, 0.4) is 0 Å². The van der Waals surface area contributed by atoms with Crippen LogP contribution in [0.1, 0.15) is 16.1 Å². The van der Waals surface area contributed by atoms with Crippen LogP contribution in [0.25, 0.3) is 10.9 Å². The molecule has 6 nitrogen and oxygen atoms in total. The number of fused-ring (bicyclic) bond motifs is 1. The number of aromatic nitrogens is 1. The second kappa shape index (κ2) is 6.95. The van der Waals surface area contributed by atoms with E-state index in [4.69, 9.17) is 18.9 Å². The SMILES string of the molecule is COc1ccc(C(=O)c2cc3c(OC)c(OC)c(OC)cc3[nH]2)cc1F. The number of carbonyl (C=O) groups excluding carboxylic acids is 1. The fourth-order valence-electron chi connectivity index (χ4n) is 2.84. The first-order valence-corrected chi connectivity index (χ1v) is 7.74. The van der Waals surface area contributed by atoms with Crippen LogP contribution >= 0.6 is 0 Å². The molecule has 0 spiro atoms. The summed E-state index contributed by atoms with van der Waals surface area (Å²) in [6, 6.07) is 7.42. The Kier molecular flexibility index (Phi) is 4.71. The molecule has 3 rings (SSSR count). The van der Waals surface area contributed by atoms with E-state index in [-0.39, 0.29) is 22.8 Å². The normalized spacial score (nSPS) is 10.7. The standard InChI is InChI=1S/C19H18FNO5/c1-23-15-6-5-10(7-12(15)20)17(22)14-8-11-13(21-14)9-16(24-2)19(26-4)18(11)25-3/h5-9,21H,1-4H3. The van der Waals surface area contributed by atoms with Gasteiger partial charge in [-0.25, -0.2) is 4.39 Å². The quantitative estimate of drug-likeness (QED) is 0.682. The van der Waals surface area contributed by atoms with E-state index in [0.29, 0.717) is 28.2 Å². The average molecular weight is 359 g/mol. The number of ketones is 1. The summed E-state index contributed by atoms with van der Waals surface area (Å²) >= 11 is 0. The third kappa shape index (κ3) is 2.81. The van der Waals surface area contributed by atoms with Crippen molar-refractivity contribution in [2.45, 2.75) is 0 Å². The lowest BCUT2D eigenvalue weighted by atomic mass is 10.1. The molecule has 26 heavy (non-hydrogen) atoms. The molecule has 1 aromatic heterocycles. The summed E-state index contributed by atoms with van der Waals surface area (Å²) in [5, 5.41) is 0.655. The van der Waals surface area contributed by atoms with E-state index in [1.165, 1.54) is 40.6 Å². The van der Waals surface area contributed by atoms with Crippen LogP contribution in [0.2, 0.25) is 0 Å². The molecule has 0 unspecified atom stereocenters. The van der Waals surface area contributed by atoms with Gasteiger partial charge in [-0.3, -0.25) is 4.79 Å². The molecule has 136 valence electrons. The molecular formula is C19H18FNO5. The maximum Gasteiger partial charge on any atom is 0.209 e. The van der Waals surface area contributed by atoms with E-state index >= 15 is 0 Å². The van der Waals surface area contributed by atoms with Crippen molar-refractivity contribution in [3.8, 4) is 23.0 Å². The smallest absolute Gasteiger partial charge is 0.209 e. The highest BCUT2D eigenvalue weighted by Crippen LogP contribution is 2.43. The molecule has 0 fully saturated rings. The minimum absolute atomic E-state index is 0.0781. The molecule has 0 aliphatic heterocycles. The molecule has 0 aliphatic rings. The zero-order valence-corrected chi connectivity index (χ0v) is 14.8. The molecule has 2 aromatic carbocycles. The van der Waals surface area contributed by atoms with Crippen molar-refractivity contribution in [1.29, 1.82) is 0 Å². The van der Waals surface area contributed by atoms with Gasteiger partial charge in [0.25, 0.3) is 0 Å². The second-order valence-corrected chi connectivity index (χ2v) is 5.47. The molecule has 0 bridgehead atoms. The van der Waals surface area contributed by atoms with Crippen molar-refractivity contribution in [3.05, 3.63) is 47.4 Å². The van der Waals surface area contributed by atoms with Gasteiger partial charge < -0.3 is 23.9 Å². The monoisotopic (exact) mass is 359 g/mol. The number of carbonyl (C=O) groups is 1. The van der Waals surface area contributed by atoms with Crippen molar-refractivity contribution >= 4 is 16.7 Å². The van der Waals surface area contributed by atoms with E-state index in [1.807, 2.05) is 0 Å². The highest BCUT2D eigenvalue weighted by molar-refractivity contribution is 6.11. The van der Waals surface area contributed by atoms with E-state index in [0.717, 1.165) is 6.07 Å². The molecule has 0 amide bonds. The zero-order chi connectivity index (χ0) is 18.8. The maximum absolute atomic E-state index is 13.9. The number of benzene rings is 2. The van der Waals surface area contributed by atoms with Crippen LogP contribution in [0.15, 0.2) is 30.3 Å². The number of nitrogens with one attached hydrogen (secondary N) is 1. The predicted octanol–water partition coefficient (Wildman–Crippen LogP) is 3.57. The Bertz CT molecular complexity index is 980. The number of halogens is 1. The first-order chi connectivity index (χ1) is 12.5. The first kappa shape index (κ1) is 17.6. The number of hydrogen-bond donors (Lipinski definition) is 1. The summed E-state index contributed by atoms with van der Waals surface area (Å²) in [5.41, 5.74) is 1.13. The van der Waals surface area contributed by atoms with Crippen molar-refractivity contribution < 1.29 is 28.1 Å². The van der Waals surface area contributed by atoms with Crippen LogP contribution in [-0.2, 0) is 0 Å². The zero-order valence-electron chi connectivity index (χ0n) is 14.8. The molecule has 1 N–H and O–H groups in total. The molecular weight excluding hydrogens is 341 g/mol. The number of hydrogen-bond acceptors (Lipinski definition) is 5. The van der Waals surface area contributed by atoms with Crippen LogP contribution < -0.4 is 18.9 Å². The highest BCUT2D eigenvalue weighted by Gasteiger charge is 2.21. The molecule has 1 heterocycles. The third-order valence-corrected chi connectivity index (χ3v) is 4.09. The Morgan fingerprint density at radius 3 is 2.15 bits per heavy atom. The molecule has 0 atom stereocenters. The van der Waals surface area contributed by atoms with Gasteiger partial charge in [0.1, 0.15) is 0 Å². The lowest BCUT2D eigenvalue weighted by Gasteiger charge is -2.12. The molecule has 7 heteroatoms. The van der Waals surface area contributed by atoms with Gasteiger partial charge >= 0.3 is 0 Å². The molecule has 3 aromatic rings. The average Bonchev–Trinajstić information content (AvgIpc) is 3.09. The fourth-order valence-corrected chi connectivity index (χ4v) is 2.84. The van der Waals surface area contributed by atoms with Gasteiger partial charge in [0, 0.05) is 17.0 Å². The fraction of sp³-hybridized carbons (Fsp3) is 0.211.